The van der Waals surface area contributed by atoms with E-state index in [4.69, 9.17) is 4.42 Å². The number of hydrogen-bond donors (Lipinski definition) is 0. The van der Waals surface area contributed by atoms with E-state index >= 15 is 0 Å². The van der Waals surface area contributed by atoms with Crippen LogP contribution in [0.2, 0.25) is 0 Å². The maximum Gasteiger partial charge on any atom is 0.136 e. The first kappa shape index (κ1) is 32.7. The van der Waals surface area contributed by atoms with Gasteiger partial charge >= 0.3 is 0 Å². The van der Waals surface area contributed by atoms with Gasteiger partial charge in [0.15, 0.2) is 0 Å². The van der Waals surface area contributed by atoms with Crippen LogP contribution in [0.25, 0.3) is 54.3 Å². The molecule has 2 atom stereocenters. The highest BCUT2D eigenvalue weighted by Gasteiger charge is 2.48. The van der Waals surface area contributed by atoms with Gasteiger partial charge in [-0.1, -0.05) is 121 Å². The third-order valence-electron chi connectivity index (χ3n) is 11.6. The zero-order chi connectivity index (χ0) is 37.5. The van der Waals surface area contributed by atoms with Crippen LogP contribution in [-0.2, 0) is 0 Å². The number of thioether (sulfide) groups is 1. The molecular formula is C52H34N2OS2. The molecule has 0 fully saturated rings. The predicted octanol–water partition coefficient (Wildman–Crippen LogP) is 15.6. The fourth-order valence-corrected chi connectivity index (χ4v) is 11.9. The third kappa shape index (κ3) is 5.20. The average molecular weight is 767 g/mol. The molecule has 2 unspecified atom stereocenters. The molecule has 4 heterocycles. The van der Waals surface area contributed by atoms with Crippen molar-refractivity contribution in [2.45, 2.75) is 16.2 Å². The quantitative estimate of drug-likeness (QED) is 0.168. The number of fused-ring (bicyclic) bond motifs is 10. The number of para-hydroxylation sites is 1. The van der Waals surface area contributed by atoms with Gasteiger partial charge in [0.05, 0.1) is 17.0 Å². The molecule has 0 N–H and O–H groups in total. The SMILES string of the molecule is c1ccc(-c2ccc(N(c3ccc(-c4cccc5oc6ccccc6c45)cc3)c3ccc(N4c5c(sc6ccccc56)C5Sc6ccccc6C54)cc3)cc2)cc1. The lowest BCUT2D eigenvalue weighted by molar-refractivity contribution is 0.669. The molecular weight excluding hydrogens is 733 g/mol. The number of benzene rings is 8. The second-order valence-corrected chi connectivity index (χ2v) is 17.1. The zero-order valence-corrected chi connectivity index (χ0v) is 32.4. The molecule has 2 aromatic heterocycles. The van der Waals surface area contributed by atoms with Gasteiger partial charge in [0.2, 0.25) is 0 Å². The largest absolute Gasteiger partial charge is 0.456 e. The zero-order valence-electron chi connectivity index (χ0n) is 30.7. The molecule has 0 saturated carbocycles. The Hall–Kier alpha value is -6.53. The van der Waals surface area contributed by atoms with Gasteiger partial charge in [-0.2, -0.15) is 0 Å². The number of nitrogens with zero attached hydrogens (tertiary/aromatic N) is 2. The van der Waals surface area contributed by atoms with Gasteiger partial charge in [0.25, 0.3) is 0 Å². The minimum Gasteiger partial charge on any atom is -0.456 e. The highest BCUT2D eigenvalue weighted by Crippen LogP contribution is 2.67. The molecule has 2 aliphatic heterocycles. The average Bonchev–Trinajstić information content (AvgIpc) is 4.03. The van der Waals surface area contributed by atoms with E-state index in [1.165, 1.54) is 53.5 Å². The first-order valence-electron chi connectivity index (χ1n) is 19.4. The van der Waals surface area contributed by atoms with Crippen LogP contribution in [0.5, 0.6) is 0 Å². The summed E-state index contributed by atoms with van der Waals surface area (Å²) in [5, 5.41) is 4.00. The Morgan fingerprint density at radius 3 is 1.89 bits per heavy atom. The molecule has 3 nitrogen and oxygen atoms in total. The summed E-state index contributed by atoms with van der Waals surface area (Å²) in [4.78, 5) is 7.86. The Bertz CT molecular complexity index is 3110. The number of hydrogen-bond acceptors (Lipinski definition) is 5. The summed E-state index contributed by atoms with van der Waals surface area (Å²) in [6.45, 7) is 0. The van der Waals surface area contributed by atoms with Crippen molar-refractivity contribution in [2.24, 2.45) is 0 Å². The van der Waals surface area contributed by atoms with Gasteiger partial charge in [-0.05, 0) is 101 Å². The van der Waals surface area contributed by atoms with Gasteiger partial charge in [0, 0.05) is 53.4 Å². The number of rotatable bonds is 6. The van der Waals surface area contributed by atoms with Crippen LogP contribution in [-0.4, -0.2) is 0 Å². The van der Waals surface area contributed by atoms with Crippen LogP contribution in [0.4, 0.5) is 28.4 Å². The van der Waals surface area contributed by atoms with E-state index < -0.39 is 0 Å². The van der Waals surface area contributed by atoms with Gasteiger partial charge in [-0.25, -0.2) is 0 Å². The maximum absolute atomic E-state index is 6.24. The lowest BCUT2D eigenvalue weighted by Crippen LogP contribution is -2.19. The molecule has 5 heteroatoms. The van der Waals surface area contributed by atoms with Crippen LogP contribution in [0.1, 0.15) is 21.7 Å². The summed E-state index contributed by atoms with van der Waals surface area (Å²) in [7, 11) is 0. The number of furan rings is 1. The van der Waals surface area contributed by atoms with E-state index in [1.807, 2.05) is 35.2 Å². The molecule has 0 radical (unpaired) electrons. The maximum atomic E-state index is 6.24. The number of anilines is 5. The highest BCUT2D eigenvalue weighted by atomic mass is 32.2. The van der Waals surface area contributed by atoms with Crippen LogP contribution in [0.3, 0.4) is 0 Å². The van der Waals surface area contributed by atoms with E-state index in [0.29, 0.717) is 5.25 Å². The van der Waals surface area contributed by atoms with Gasteiger partial charge in [-0.3, -0.25) is 0 Å². The Balaban J connectivity index is 0.962. The Morgan fingerprint density at radius 1 is 0.491 bits per heavy atom. The van der Waals surface area contributed by atoms with Gasteiger partial charge in [-0.15, -0.1) is 23.1 Å². The molecule has 8 aromatic carbocycles. The van der Waals surface area contributed by atoms with Crippen LogP contribution in [0, 0.1) is 0 Å². The lowest BCUT2D eigenvalue weighted by Gasteiger charge is -2.30. The molecule has 12 rings (SSSR count). The molecule has 270 valence electrons. The molecule has 2 aliphatic rings. The van der Waals surface area contributed by atoms with Crippen molar-refractivity contribution < 1.29 is 4.42 Å². The van der Waals surface area contributed by atoms with Crippen LogP contribution >= 0.6 is 23.1 Å². The monoisotopic (exact) mass is 766 g/mol. The normalized spacial score (nSPS) is 15.6. The fraction of sp³-hybridized carbons (Fsp3) is 0.0385. The van der Waals surface area contributed by atoms with Crippen molar-refractivity contribution in [3.05, 3.63) is 205 Å². The smallest absolute Gasteiger partial charge is 0.136 e. The van der Waals surface area contributed by atoms with E-state index in [0.717, 1.165) is 44.6 Å². The topological polar surface area (TPSA) is 19.6 Å². The lowest BCUT2D eigenvalue weighted by atomic mass is 9.99. The summed E-state index contributed by atoms with van der Waals surface area (Å²) in [6, 6.07) is 70.5. The summed E-state index contributed by atoms with van der Waals surface area (Å²) < 4.78 is 7.60. The Morgan fingerprint density at radius 2 is 1.11 bits per heavy atom. The second-order valence-electron chi connectivity index (χ2n) is 14.8. The fourth-order valence-electron chi connectivity index (χ4n) is 9.04. The predicted molar refractivity (Wildman–Crippen MR) is 241 cm³/mol. The summed E-state index contributed by atoms with van der Waals surface area (Å²) in [5.41, 5.74) is 13.8. The second kappa shape index (κ2) is 13.0. The standard InChI is InChI=1S/C52H34N2OS2/c1-2-11-33(12-3-1)34-21-25-36(26-22-34)53(37-27-23-35(24-28-37)40-16-10-18-45-48(40)41-13-4-7-17-44(41)55-45)38-29-31-39(32-30-38)54-49-42-14-5-8-19-46(42)56-51(49)52-50(54)43-15-6-9-20-47(43)57-52/h1-32,49,51H. The molecule has 0 saturated heterocycles. The van der Waals surface area contributed by atoms with Gasteiger partial charge < -0.3 is 14.2 Å². The minimum absolute atomic E-state index is 0.258. The number of thiophene rings is 1. The van der Waals surface area contributed by atoms with E-state index in [2.05, 4.69) is 192 Å². The van der Waals surface area contributed by atoms with Crippen molar-refractivity contribution in [3.8, 4) is 22.3 Å². The summed E-state index contributed by atoms with van der Waals surface area (Å²) in [6.07, 6.45) is 0. The van der Waals surface area contributed by atoms with Crippen molar-refractivity contribution in [2.75, 3.05) is 9.80 Å². The minimum atomic E-state index is 0.258. The third-order valence-corrected chi connectivity index (χ3v) is 14.4. The van der Waals surface area contributed by atoms with Crippen molar-refractivity contribution >= 4 is 83.6 Å². The van der Waals surface area contributed by atoms with E-state index in [1.54, 1.807) is 0 Å². The van der Waals surface area contributed by atoms with E-state index in [9.17, 15) is 0 Å². The molecule has 0 bridgehead atoms. The highest BCUT2D eigenvalue weighted by molar-refractivity contribution is 8.00. The molecule has 0 aliphatic carbocycles. The Kier molecular flexibility index (Phi) is 7.47. The summed E-state index contributed by atoms with van der Waals surface area (Å²) >= 11 is 3.98. The summed E-state index contributed by atoms with van der Waals surface area (Å²) in [5.74, 6) is 0. The van der Waals surface area contributed by atoms with Gasteiger partial charge in [0.1, 0.15) is 11.2 Å². The molecule has 0 amide bonds. The molecule has 57 heavy (non-hydrogen) atoms. The van der Waals surface area contributed by atoms with Crippen LogP contribution in [0.15, 0.2) is 203 Å². The molecule has 0 spiro atoms. The first-order chi connectivity index (χ1) is 28.3. The van der Waals surface area contributed by atoms with Crippen molar-refractivity contribution in [1.82, 2.24) is 0 Å². The first-order valence-corrected chi connectivity index (χ1v) is 21.1. The van der Waals surface area contributed by atoms with E-state index in [-0.39, 0.29) is 6.04 Å². The van der Waals surface area contributed by atoms with Crippen molar-refractivity contribution in [3.63, 3.8) is 0 Å². The molecule has 10 aromatic rings. The van der Waals surface area contributed by atoms with Crippen molar-refractivity contribution in [1.29, 1.82) is 0 Å². The van der Waals surface area contributed by atoms with Crippen LogP contribution < -0.4 is 9.80 Å². The Labute approximate surface area is 339 Å².